The fourth-order valence-electron chi connectivity index (χ4n) is 2.38. The van der Waals surface area contributed by atoms with Gasteiger partial charge in [0, 0.05) is 6.04 Å². The van der Waals surface area contributed by atoms with Crippen LogP contribution in [0.5, 0.6) is 0 Å². The fraction of sp³-hybridized carbons (Fsp3) is 0.647. The van der Waals surface area contributed by atoms with Crippen LogP contribution in [0.1, 0.15) is 51.3 Å². The van der Waals surface area contributed by atoms with Crippen LogP contribution >= 0.6 is 0 Å². The average Bonchev–Trinajstić information content (AvgIpc) is 2.46. The third-order valence-corrected chi connectivity index (χ3v) is 5.81. The summed E-state index contributed by atoms with van der Waals surface area (Å²) in [6, 6.07) is 8.15. The van der Waals surface area contributed by atoms with Crippen LogP contribution in [0.2, 0.25) is 0 Å². The van der Waals surface area contributed by atoms with Gasteiger partial charge >= 0.3 is 0 Å². The molecule has 1 aromatic carbocycles. The summed E-state index contributed by atoms with van der Waals surface area (Å²) in [5, 5.41) is 3.30. The molecule has 1 aromatic rings. The standard InChI is InChI=1S/C17H29NO2S/c1-5-14(4)12-21(19,20)13-17(18-7-3)16-10-8-15(6-2)9-11-16/h8-11,14,17-18H,5-7,12-13H2,1-4H3. The van der Waals surface area contributed by atoms with Crippen LogP contribution in [0.15, 0.2) is 24.3 Å². The van der Waals surface area contributed by atoms with E-state index in [1.807, 2.05) is 32.9 Å². The van der Waals surface area contributed by atoms with Gasteiger partial charge in [-0.05, 0) is 30.0 Å². The SMILES string of the molecule is CCNC(CS(=O)(=O)CC(C)CC)c1ccc(CC)cc1. The number of hydrogen-bond acceptors (Lipinski definition) is 3. The molecule has 2 atom stereocenters. The van der Waals surface area contributed by atoms with Crippen molar-refractivity contribution >= 4 is 9.84 Å². The van der Waals surface area contributed by atoms with Crippen molar-refractivity contribution in [1.82, 2.24) is 5.32 Å². The highest BCUT2D eigenvalue weighted by Crippen LogP contribution is 2.18. The van der Waals surface area contributed by atoms with Gasteiger partial charge in [0.2, 0.25) is 0 Å². The Morgan fingerprint density at radius 3 is 2.14 bits per heavy atom. The van der Waals surface area contributed by atoms with Gasteiger partial charge in [0.25, 0.3) is 0 Å². The molecule has 2 unspecified atom stereocenters. The predicted molar refractivity (Wildman–Crippen MR) is 90.3 cm³/mol. The van der Waals surface area contributed by atoms with Gasteiger partial charge in [-0.2, -0.15) is 0 Å². The van der Waals surface area contributed by atoms with E-state index in [0.29, 0.717) is 0 Å². The average molecular weight is 311 g/mol. The first-order chi connectivity index (χ1) is 9.91. The largest absolute Gasteiger partial charge is 0.309 e. The van der Waals surface area contributed by atoms with Crippen molar-refractivity contribution in [1.29, 1.82) is 0 Å². The van der Waals surface area contributed by atoms with E-state index in [2.05, 4.69) is 24.4 Å². The monoisotopic (exact) mass is 311 g/mol. The molecule has 21 heavy (non-hydrogen) atoms. The number of hydrogen-bond donors (Lipinski definition) is 1. The van der Waals surface area contributed by atoms with Crippen molar-refractivity contribution < 1.29 is 8.42 Å². The maximum atomic E-state index is 12.3. The first-order valence-corrected chi connectivity index (χ1v) is 9.76. The van der Waals surface area contributed by atoms with Gasteiger partial charge in [-0.1, -0.05) is 58.4 Å². The highest BCUT2D eigenvalue weighted by molar-refractivity contribution is 7.91. The summed E-state index contributed by atoms with van der Waals surface area (Å²) in [6.07, 6.45) is 1.90. The Morgan fingerprint density at radius 1 is 1.05 bits per heavy atom. The van der Waals surface area contributed by atoms with Crippen molar-refractivity contribution in [2.75, 3.05) is 18.1 Å². The van der Waals surface area contributed by atoms with E-state index in [1.165, 1.54) is 5.56 Å². The first-order valence-electron chi connectivity index (χ1n) is 7.94. The van der Waals surface area contributed by atoms with Gasteiger partial charge in [0.15, 0.2) is 9.84 Å². The minimum absolute atomic E-state index is 0.116. The summed E-state index contributed by atoms with van der Waals surface area (Å²) in [7, 11) is -3.04. The molecule has 0 amide bonds. The molecule has 0 aromatic heterocycles. The van der Waals surface area contributed by atoms with Gasteiger partial charge in [-0.3, -0.25) is 0 Å². The lowest BCUT2D eigenvalue weighted by atomic mass is 10.0. The molecule has 1 N–H and O–H groups in total. The van der Waals surface area contributed by atoms with Crippen molar-refractivity contribution in [2.24, 2.45) is 5.92 Å². The van der Waals surface area contributed by atoms with Crippen LogP contribution in [-0.2, 0) is 16.3 Å². The zero-order valence-corrected chi connectivity index (χ0v) is 14.5. The molecule has 0 bridgehead atoms. The van der Waals surface area contributed by atoms with Gasteiger partial charge < -0.3 is 5.32 Å². The minimum Gasteiger partial charge on any atom is -0.309 e. The number of nitrogens with one attached hydrogen (secondary N) is 1. The minimum atomic E-state index is -3.04. The van der Waals surface area contributed by atoms with Crippen molar-refractivity contribution in [3.63, 3.8) is 0 Å². The Morgan fingerprint density at radius 2 is 1.67 bits per heavy atom. The summed E-state index contributed by atoms with van der Waals surface area (Å²) < 4.78 is 24.7. The van der Waals surface area contributed by atoms with E-state index in [9.17, 15) is 8.42 Å². The Labute approximate surface area is 130 Å². The van der Waals surface area contributed by atoms with Crippen LogP contribution in [-0.4, -0.2) is 26.5 Å². The zero-order chi connectivity index (χ0) is 15.9. The Bertz CT molecular complexity index is 508. The molecule has 0 heterocycles. The maximum Gasteiger partial charge on any atom is 0.152 e. The van der Waals surface area contributed by atoms with E-state index in [1.54, 1.807) is 0 Å². The smallest absolute Gasteiger partial charge is 0.152 e. The van der Waals surface area contributed by atoms with Crippen LogP contribution in [0.4, 0.5) is 0 Å². The van der Waals surface area contributed by atoms with Crippen LogP contribution in [0.25, 0.3) is 0 Å². The highest BCUT2D eigenvalue weighted by Gasteiger charge is 2.21. The van der Waals surface area contributed by atoms with E-state index in [0.717, 1.165) is 24.9 Å². The van der Waals surface area contributed by atoms with Crippen LogP contribution in [0.3, 0.4) is 0 Å². The van der Waals surface area contributed by atoms with Crippen LogP contribution < -0.4 is 5.32 Å². The molecule has 0 saturated heterocycles. The van der Waals surface area contributed by atoms with Gasteiger partial charge in [-0.15, -0.1) is 0 Å². The van der Waals surface area contributed by atoms with E-state index >= 15 is 0 Å². The van der Waals surface area contributed by atoms with Crippen LogP contribution in [0, 0.1) is 5.92 Å². The predicted octanol–water partition coefficient (Wildman–Crippen LogP) is 3.36. The fourth-order valence-corrected chi connectivity index (χ4v) is 4.44. The van der Waals surface area contributed by atoms with Crippen molar-refractivity contribution in [3.8, 4) is 0 Å². The van der Waals surface area contributed by atoms with Gasteiger partial charge in [-0.25, -0.2) is 8.42 Å². The molecule has 0 spiro atoms. The van der Waals surface area contributed by atoms with Crippen molar-refractivity contribution in [3.05, 3.63) is 35.4 Å². The molecule has 0 aliphatic carbocycles. The Kier molecular flexibility index (Phi) is 7.40. The molecular formula is C17H29NO2S. The third-order valence-electron chi connectivity index (χ3n) is 3.90. The lowest BCUT2D eigenvalue weighted by molar-refractivity contribution is 0.541. The topological polar surface area (TPSA) is 46.2 Å². The van der Waals surface area contributed by atoms with Gasteiger partial charge in [0.05, 0.1) is 11.5 Å². The number of benzene rings is 1. The lowest BCUT2D eigenvalue weighted by Crippen LogP contribution is -2.30. The van der Waals surface area contributed by atoms with E-state index < -0.39 is 9.84 Å². The summed E-state index contributed by atoms with van der Waals surface area (Å²) in [4.78, 5) is 0. The molecule has 3 nitrogen and oxygen atoms in total. The molecule has 4 heteroatoms. The molecule has 0 fully saturated rings. The Hall–Kier alpha value is -0.870. The molecule has 0 aliphatic rings. The highest BCUT2D eigenvalue weighted by atomic mass is 32.2. The van der Waals surface area contributed by atoms with Gasteiger partial charge in [0.1, 0.15) is 0 Å². The summed E-state index contributed by atoms with van der Waals surface area (Å²) in [5.41, 5.74) is 2.33. The molecule has 0 radical (unpaired) electrons. The summed E-state index contributed by atoms with van der Waals surface area (Å²) in [5.74, 6) is 0.675. The summed E-state index contributed by atoms with van der Waals surface area (Å²) in [6.45, 7) is 8.92. The lowest BCUT2D eigenvalue weighted by Gasteiger charge is -2.20. The number of rotatable bonds is 9. The number of aryl methyl sites for hydroxylation is 1. The second-order valence-corrected chi connectivity index (χ2v) is 7.95. The molecular weight excluding hydrogens is 282 g/mol. The zero-order valence-electron chi connectivity index (χ0n) is 13.7. The Balaban J connectivity index is 2.85. The normalized spacial score (nSPS) is 14.9. The number of sulfone groups is 1. The second kappa shape index (κ2) is 8.54. The molecule has 0 saturated carbocycles. The molecule has 120 valence electrons. The molecule has 0 aliphatic heterocycles. The second-order valence-electron chi connectivity index (χ2n) is 5.80. The van der Waals surface area contributed by atoms with E-state index in [4.69, 9.17) is 0 Å². The third kappa shape index (κ3) is 6.18. The summed E-state index contributed by atoms with van der Waals surface area (Å²) >= 11 is 0. The van der Waals surface area contributed by atoms with E-state index in [-0.39, 0.29) is 23.5 Å². The molecule has 1 rings (SSSR count). The quantitative estimate of drug-likeness (QED) is 0.760. The maximum absolute atomic E-state index is 12.3. The van der Waals surface area contributed by atoms with Crippen molar-refractivity contribution in [2.45, 2.75) is 46.6 Å². The first kappa shape index (κ1) is 18.2.